The molecule has 26 heavy (non-hydrogen) atoms. The highest BCUT2D eigenvalue weighted by Gasteiger charge is 2.39. The van der Waals surface area contributed by atoms with Crippen LogP contribution < -0.4 is 0 Å². The molecule has 2 fully saturated rings. The van der Waals surface area contributed by atoms with E-state index in [0.29, 0.717) is 39.1 Å². The molecule has 0 aromatic carbocycles. The van der Waals surface area contributed by atoms with Gasteiger partial charge in [0.1, 0.15) is 0 Å². The third-order valence-electron chi connectivity index (χ3n) is 4.72. The number of carbonyl (C=O) groups excluding carboxylic acids is 3. The molecule has 2 rings (SSSR count). The maximum atomic E-state index is 12.8. The Hall–Kier alpha value is -2.16. The molecule has 3 amide bonds. The van der Waals surface area contributed by atoms with Crippen LogP contribution in [0.2, 0.25) is 0 Å². The molecular weight excluding hydrogens is 342 g/mol. The van der Waals surface area contributed by atoms with Gasteiger partial charge in [-0.15, -0.1) is 0 Å². The number of ether oxygens (including phenoxy) is 1. The average molecular weight is 369 g/mol. The number of carboxylic acids is 1. The van der Waals surface area contributed by atoms with Crippen LogP contribution in [0.15, 0.2) is 0 Å². The monoisotopic (exact) mass is 369 g/mol. The van der Waals surface area contributed by atoms with Crippen molar-refractivity contribution in [2.45, 2.75) is 26.3 Å². The molecule has 146 valence electrons. The van der Waals surface area contributed by atoms with Crippen LogP contribution >= 0.6 is 0 Å². The molecule has 2 unspecified atom stereocenters. The molecule has 0 saturated carbocycles. The number of likely N-dealkylation sites (tertiary alicyclic amines) is 1. The van der Waals surface area contributed by atoms with E-state index in [1.165, 1.54) is 9.80 Å². The van der Waals surface area contributed by atoms with Gasteiger partial charge in [0.2, 0.25) is 12.3 Å². The smallest absolute Gasteiger partial charge is 0.394 e. The van der Waals surface area contributed by atoms with Gasteiger partial charge in [0.05, 0.1) is 25.2 Å². The minimum atomic E-state index is -1.52. The third-order valence-corrected chi connectivity index (χ3v) is 4.72. The van der Waals surface area contributed by atoms with Crippen molar-refractivity contribution in [1.82, 2.24) is 14.7 Å². The largest absolute Gasteiger partial charge is 0.474 e. The van der Waals surface area contributed by atoms with E-state index in [0.717, 1.165) is 0 Å². The number of nitrogens with zero attached hydrogens (tertiary/aromatic N) is 3. The van der Waals surface area contributed by atoms with Gasteiger partial charge in [-0.2, -0.15) is 0 Å². The molecule has 0 spiro atoms. The summed E-state index contributed by atoms with van der Waals surface area (Å²) in [6.07, 6.45) is 1.01. The van der Waals surface area contributed by atoms with Crippen molar-refractivity contribution in [2.75, 3.05) is 45.9 Å². The summed E-state index contributed by atoms with van der Waals surface area (Å²) in [6.45, 7) is 6.54. The number of amides is 3. The average Bonchev–Trinajstić information content (AvgIpc) is 2.64. The second-order valence-corrected chi connectivity index (χ2v) is 7.24. The first kappa shape index (κ1) is 20.2. The molecule has 0 radical (unpaired) electrons. The van der Waals surface area contributed by atoms with E-state index in [1.807, 2.05) is 13.8 Å². The molecular formula is C17H27N3O6. The molecule has 0 aromatic rings. The minimum Gasteiger partial charge on any atom is -0.474 e. The number of morpholine rings is 1. The molecule has 2 heterocycles. The van der Waals surface area contributed by atoms with Crippen molar-refractivity contribution in [2.24, 2.45) is 11.8 Å². The fourth-order valence-corrected chi connectivity index (χ4v) is 3.55. The van der Waals surface area contributed by atoms with Gasteiger partial charge in [0.15, 0.2) is 0 Å². The predicted molar refractivity (Wildman–Crippen MR) is 91.1 cm³/mol. The standard InChI is InChI=1S/C17H27N3O6/c1-12(2)8-20(16(23)17(24)25)14-7-13(9-18(10-14)11-21)15(22)19-3-5-26-6-4-19/h11-14H,3-10H2,1-2H3,(H,24,25). The van der Waals surface area contributed by atoms with Crippen LogP contribution in [0.5, 0.6) is 0 Å². The number of piperidine rings is 1. The molecule has 0 aliphatic carbocycles. The highest BCUT2D eigenvalue weighted by molar-refractivity contribution is 6.31. The summed E-state index contributed by atoms with van der Waals surface area (Å²) in [5, 5.41) is 9.13. The number of aliphatic carboxylic acids is 1. The maximum absolute atomic E-state index is 12.8. The number of hydrogen-bond acceptors (Lipinski definition) is 5. The lowest BCUT2D eigenvalue weighted by Crippen LogP contribution is -2.57. The minimum absolute atomic E-state index is 0.0679. The quantitative estimate of drug-likeness (QED) is 0.505. The number of hydrogen-bond donors (Lipinski definition) is 1. The van der Waals surface area contributed by atoms with Crippen LogP contribution in [0, 0.1) is 11.8 Å². The Balaban J connectivity index is 2.17. The summed E-state index contributed by atoms with van der Waals surface area (Å²) in [5.41, 5.74) is 0. The first-order chi connectivity index (χ1) is 12.3. The Morgan fingerprint density at radius 2 is 1.88 bits per heavy atom. The van der Waals surface area contributed by atoms with Crippen molar-refractivity contribution < 1.29 is 29.0 Å². The second-order valence-electron chi connectivity index (χ2n) is 7.24. The molecule has 9 heteroatoms. The second kappa shape index (κ2) is 8.98. The topological polar surface area (TPSA) is 107 Å². The lowest BCUT2D eigenvalue weighted by molar-refractivity contribution is -0.159. The fraction of sp³-hybridized carbons (Fsp3) is 0.765. The van der Waals surface area contributed by atoms with E-state index in [9.17, 15) is 19.2 Å². The Kier molecular flexibility index (Phi) is 6.96. The zero-order valence-corrected chi connectivity index (χ0v) is 15.3. The highest BCUT2D eigenvalue weighted by Crippen LogP contribution is 2.24. The van der Waals surface area contributed by atoms with E-state index in [1.54, 1.807) is 4.90 Å². The number of carboxylic acid groups (broad SMARTS) is 1. The van der Waals surface area contributed by atoms with Gasteiger partial charge in [0, 0.05) is 32.7 Å². The Labute approximate surface area is 152 Å². The molecule has 0 aromatic heterocycles. The van der Waals surface area contributed by atoms with Crippen molar-refractivity contribution >= 4 is 24.2 Å². The van der Waals surface area contributed by atoms with Crippen LogP contribution in [0.4, 0.5) is 0 Å². The summed E-state index contributed by atoms with van der Waals surface area (Å²) < 4.78 is 5.26. The van der Waals surface area contributed by atoms with Crippen LogP contribution in [0.25, 0.3) is 0 Å². The number of rotatable bonds is 5. The van der Waals surface area contributed by atoms with Gasteiger partial charge in [-0.25, -0.2) is 4.79 Å². The van der Waals surface area contributed by atoms with E-state index in [4.69, 9.17) is 9.84 Å². The van der Waals surface area contributed by atoms with Crippen molar-refractivity contribution in [3.05, 3.63) is 0 Å². The normalized spacial score (nSPS) is 23.7. The molecule has 2 atom stereocenters. The van der Waals surface area contributed by atoms with Gasteiger partial charge < -0.3 is 24.5 Å². The summed E-state index contributed by atoms with van der Waals surface area (Å²) in [4.78, 5) is 52.0. The highest BCUT2D eigenvalue weighted by atomic mass is 16.5. The van der Waals surface area contributed by atoms with Gasteiger partial charge in [-0.1, -0.05) is 13.8 Å². The van der Waals surface area contributed by atoms with E-state index in [-0.39, 0.29) is 31.5 Å². The lowest BCUT2D eigenvalue weighted by atomic mass is 9.91. The van der Waals surface area contributed by atoms with Crippen LogP contribution in [-0.4, -0.2) is 96.0 Å². The van der Waals surface area contributed by atoms with Gasteiger partial charge in [-0.3, -0.25) is 14.4 Å². The van der Waals surface area contributed by atoms with Gasteiger partial charge in [-0.05, 0) is 12.3 Å². The van der Waals surface area contributed by atoms with Crippen molar-refractivity contribution in [3.63, 3.8) is 0 Å². The van der Waals surface area contributed by atoms with E-state index >= 15 is 0 Å². The lowest BCUT2D eigenvalue weighted by Gasteiger charge is -2.42. The fourth-order valence-electron chi connectivity index (χ4n) is 3.55. The Morgan fingerprint density at radius 3 is 2.42 bits per heavy atom. The van der Waals surface area contributed by atoms with Crippen LogP contribution in [0.3, 0.4) is 0 Å². The van der Waals surface area contributed by atoms with E-state index < -0.39 is 23.8 Å². The van der Waals surface area contributed by atoms with Crippen LogP contribution in [-0.2, 0) is 23.9 Å². The Bertz CT molecular complexity index is 547. The zero-order chi connectivity index (χ0) is 19.3. The van der Waals surface area contributed by atoms with Crippen molar-refractivity contribution in [1.29, 1.82) is 0 Å². The molecule has 0 bridgehead atoms. The van der Waals surface area contributed by atoms with Crippen LogP contribution in [0.1, 0.15) is 20.3 Å². The molecule has 1 N–H and O–H groups in total. The predicted octanol–water partition coefficient (Wildman–Crippen LogP) is -0.739. The van der Waals surface area contributed by atoms with E-state index in [2.05, 4.69) is 0 Å². The summed E-state index contributed by atoms with van der Waals surface area (Å²) >= 11 is 0. The summed E-state index contributed by atoms with van der Waals surface area (Å²) in [7, 11) is 0. The molecule has 9 nitrogen and oxygen atoms in total. The molecule has 2 aliphatic rings. The zero-order valence-electron chi connectivity index (χ0n) is 15.3. The van der Waals surface area contributed by atoms with Gasteiger partial charge >= 0.3 is 11.9 Å². The number of carbonyl (C=O) groups is 4. The maximum Gasteiger partial charge on any atom is 0.394 e. The Morgan fingerprint density at radius 1 is 1.23 bits per heavy atom. The first-order valence-corrected chi connectivity index (χ1v) is 8.93. The molecule has 2 aliphatic heterocycles. The summed E-state index contributed by atoms with van der Waals surface area (Å²) in [6, 6.07) is -0.491. The SMILES string of the molecule is CC(C)CN(C(=O)C(=O)O)C1CC(C(=O)N2CCOCC2)CN(C=O)C1. The molecule has 2 saturated heterocycles. The summed E-state index contributed by atoms with van der Waals surface area (Å²) in [5.74, 6) is -2.97. The van der Waals surface area contributed by atoms with Gasteiger partial charge in [0.25, 0.3) is 0 Å². The third kappa shape index (κ3) is 4.94. The first-order valence-electron chi connectivity index (χ1n) is 8.93. The van der Waals surface area contributed by atoms with Crippen molar-refractivity contribution in [3.8, 4) is 0 Å².